The first-order chi connectivity index (χ1) is 17.3. The number of anilines is 1. The van der Waals surface area contributed by atoms with E-state index in [-0.39, 0.29) is 41.7 Å². The van der Waals surface area contributed by atoms with E-state index in [0.29, 0.717) is 27.4 Å². The predicted octanol–water partition coefficient (Wildman–Crippen LogP) is 3.84. The Morgan fingerprint density at radius 1 is 1.03 bits per heavy atom. The van der Waals surface area contributed by atoms with Gasteiger partial charge >= 0.3 is 5.97 Å². The van der Waals surface area contributed by atoms with Gasteiger partial charge in [-0.3, -0.25) is 19.0 Å². The Morgan fingerprint density at radius 3 is 2.44 bits per heavy atom. The third-order valence-corrected chi connectivity index (χ3v) is 6.45. The fraction of sp³-hybridized carbons (Fsp3) is 0.192. The second-order valence-electron chi connectivity index (χ2n) is 7.89. The lowest BCUT2D eigenvalue weighted by Gasteiger charge is -2.07. The van der Waals surface area contributed by atoms with Crippen LogP contribution in [0.5, 0.6) is 5.75 Å². The molecule has 0 spiro atoms. The van der Waals surface area contributed by atoms with E-state index in [9.17, 15) is 19.2 Å². The van der Waals surface area contributed by atoms with Crippen LogP contribution in [0.1, 0.15) is 32.5 Å². The summed E-state index contributed by atoms with van der Waals surface area (Å²) >= 11 is 1.07. The van der Waals surface area contributed by atoms with Gasteiger partial charge in [-0.25, -0.2) is 9.78 Å². The molecule has 0 aliphatic carbocycles. The van der Waals surface area contributed by atoms with E-state index in [0.717, 1.165) is 11.3 Å². The highest BCUT2D eigenvalue weighted by atomic mass is 32.1. The van der Waals surface area contributed by atoms with Gasteiger partial charge in [0, 0.05) is 18.2 Å². The van der Waals surface area contributed by atoms with Crippen molar-refractivity contribution in [3.05, 3.63) is 87.3 Å². The van der Waals surface area contributed by atoms with Crippen LogP contribution in [0.4, 0.5) is 5.69 Å². The zero-order valence-electron chi connectivity index (χ0n) is 19.6. The van der Waals surface area contributed by atoms with Crippen molar-refractivity contribution >= 4 is 44.9 Å². The monoisotopic (exact) mass is 505 g/mol. The number of aromatic nitrogens is 2. The SMILES string of the molecule is CC(=O)Nc1ccc(C(=O)Cn2cnc3sc(C(=O)OCCOc4ccccc4)c(C)c3c2=O)cc1. The molecule has 0 aliphatic rings. The smallest absolute Gasteiger partial charge is 0.348 e. The molecule has 36 heavy (non-hydrogen) atoms. The van der Waals surface area contributed by atoms with Gasteiger partial charge in [0.2, 0.25) is 5.91 Å². The quantitative estimate of drug-likeness (QED) is 0.209. The van der Waals surface area contributed by atoms with Crippen LogP contribution in [-0.2, 0) is 16.1 Å². The topological polar surface area (TPSA) is 117 Å². The third-order valence-electron chi connectivity index (χ3n) is 5.27. The van der Waals surface area contributed by atoms with Crippen LogP contribution >= 0.6 is 11.3 Å². The van der Waals surface area contributed by atoms with E-state index in [4.69, 9.17) is 9.47 Å². The number of ether oxygens (including phenoxy) is 2. The minimum Gasteiger partial charge on any atom is -0.490 e. The van der Waals surface area contributed by atoms with E-state index in [2.05, 4.69) is 10.3 Å². The molecule has 2 aromatic carbocycles. The number of hydrogen-bond donors (Lipinski definition) is 1. The Hall–Kier alpha value is -4.31. The number of carbonyl (C=O) groups is 3. The van der Waals surface area contributed by atoms with E-state index < -0.39 is 11.5 Å². The molecule has 1 amide bonds. The van der Waals surface area contributed by atoms with E-state index in [1.807, 2.05) is 18.2 Å². The van der Waals surface area contributed by atoms with Crippen molar-refractivity contribution in [3.63, 3.8) is 0 Å². The minimum atomic E-state index is -0.562. The lowest BCUT2D eigenvalue weighted by Crippen LogP contribution is -2.24. The molecule has 0 aliphatic heterocycles. The highest BCUT2D eigenvalue weighted by molar-refractivity contribution is 7.20. The molecule has 0 radical (unpaired) electrons. The van der Waals surface area contributed by atoms with E-state index in [1.54, 1.807) is 43.3 Å². The number of esters is 1. The van der Waals surface area contributed by atoms with Crippen LogP contribution in [-0.4, -0.2) is 40.4 Å². The minimum absolute atomic E-state index is 0.0499. The molecular weight excluding hydrogens is 482 g/mol. The molecule has 184 valence electrons. The number of ketones is 1. The molecule has 0 bridgehead atoms. The Bertz CT molecular complexity index is 1480. The Balaban J connectivity index is 1.44. The van der Waals surface area contributed by atoms with Gasteiger partial charge in [0.15, 0.2) is 5.78 Å². The molecule has 4 aromatic rings. The van der Waals surface area contributed by atoms with E-state index >= 15 is 0 Å². The highest BCUT2D eigenvalue weighted by Gasteiger charge is 2.21. The molecule has 0 unspecified atom stereocenters. The Kier molecular flexibility index (Phi) is 7.55. The number of fused-ring (bicyclic) bond motifs is 1. The summed E-state index contributed by atoms with van der Waals surface area (Å²) in [5.74, 6) is -0.392. The first-order valence-corrected chi connectivity index (χ1v) is 11.9. The first-order valence-electron chi connectivity index (χ1n) is 11.1. The molecule has 2 aromatic heterocycles. The second-order valence-corrected chi connectivity index (χ2v) is 8.89. The van der Waals surface area contributed by atoms with Crippen molar-refractivity contribution in [1.82, 2.24) is 9.55 Å². The van der Waals surface area contributed by atoms with Crippen LogP contribution in [0.15, 0.2) is 65.7 Å². The van der Waals surface area contributed by atoms with Gasteiger partial charge < -0.3 is 14.8 Å². The first kappa shape index (κ1) is 24.8. The normalized spacial score (nSPS) is 10.7. The summed E-state index contributed by atoms with van der Waals surface area (Å²) in [6, 6.07) is 15.6. The summed E-state index contributed by atoms with van der Waals surface area (Å²) in [6.45, 7) is 3.08. The molecule has 9 nitrogen and oxygen atoms in total. The lowest BCUT2D eigenvalue weighted by molar-refractivity contribution is -0.114. The molecule has 0 fully saturated rings. The van der Waals surface area contributed by atoms with Crippen molar-refractivity contribution in [2.24, 2.45) is 0 Å². The molecule has 2 heterocycles. The molecule has 0 saturated heterocycles. The number of hydrogen-bond acceptors (Lipinski definition) is 8. The number of thiophene rings is 1. The number of para-hydroxylation sites is 1. The summed E-state index contributed by atoms with van der Waals surface area (Å²) in [5, 5.41) is 2.91. The molecular formula is C26H23N3O6S. The number of nitrogens with zero attached hydrogens (tertiary/aromatic N) is 2. The highest BCUT2D eigenvalue weighted by Crippen LogP contribution is 2.27. The van der Waals surface area contributed by atoms with Crippen molar-refractivity contribution < 1.29 is 23.9 Å². The van der Waals surface area contributed by atoms with Gasteiger partial charge in [-0.2, -0.15) is 0 Å². The second kappa shape index (κ2) is 11.0. The van der Waals surface area contributed by atoms with Gasteiger partial charge in [-0.05, 0) is 48.9 Å². The Morgan fingerprint density at radius 2 is 1.75 bits per heavy atom. The van der Waals surface area contributed by atoms with Gasteiger partial charge in [-0.1, -0.05) is 18.2 Å². The zero-order valence-corrected chi connectivity index (χ0v) is 20.5. The average molecular weight is 506 g/mol. The maximum absolute atomic E-state index is 13.1. The lowest BCUT2D eigenvalue weighted by atomic mass is 10.1. The number of amides is 1. The summed E-state index contributed by atoms with van der Waals surface area (Å²) in [5.41, 5.74) is 1.01. The van der Waals surface area contributed by atoms with Crippen LogP contribution in [0.3, 0.4) is 0 Å². The van der Waals surface area contributed by atoms with Gasteiger partial charge in [0.1, 0.15) is 28.7 Å². The largest absolute Gasteiger partial charge is 0.490 e. The number of rotatable bonds is 9. The maximum Gasteiger partial charge on any atom is 0.348 e. The number of benzene rings is 2. The summed E-state index contributed by atoms with van der Waals surface area (Å²) in [6.07, 6.45) is 1.30. The zero-order chi connectivity index (χ0) is 25.7. The number of carbonyl (C=O) groups excluding carboxylic acids is 3. The predicted molar refractivity (Wildman–Crippen MR) is 136 cm³/mol. The van der Waals surface area contributed by atoms with E-state index in [1.165, 1.54) is 17.8 Å². The number of aryl methyl sites for hydroxylation is 1. The van der Waals surface area contributed by atoms with Crippen molar-refractivity contribution in [1.29, 1.82) is 0 Å². The Labute approximate surface area is 210 Å². The fourth-order valence-electron chi connectivity index (χ4n) is 3.53. The van der Waals surface area contributed by atoms with Gasteiger partial charge in [-0.15, -0.1) is 11.3 Å². The number of nitrogens with one attached hydrogen (secondary N) is 1. The van der Waals surface area contributed by atoms with Crippen LogP contribution in [0.25, 0.3) is 10.2 Å². The summed E-state index contributed by atoms with van der Waals surface area (Å²) in [7, 11) is 0. The molecule has 10 heteroatoms. The third kappa shape index (κ3) is 5.66. The standard InChI is InChI=1S/C26H23N3O6S/c1-16-22-24(36-23(16)26(33)35-13-12-34-20-6-4-3-5-7-20)27-15-29(25(22)32)14-21(31)18-8-10-19(11-9-18)28-17(2)30/h3-11,15H,12-14H2,1-2H3,(H,28,30). The van der Waals surface area contributed by atoms with Gasteiger partial charge in [0.25, 0.3) is 5.56 Å². The van der Waals surface area contributed by atoms with Crippen LogP contribution in [0, 0.1) is 6.92 Å². The fourth-order valence-corrected chi connectivity index (χ4v) is 4.56. The molecule has 0 atom stereocenters. The molecule has 4 rings (SSSR count). The average Bonchev–Trinajstić information content (AvgIpc) is 3.21. The molecule has 0 saturated carbocycles. The summed E-state index contributed by atoms with van der Waals surface area (Å²) in [4.78, 5) is 54.6. The molecule has 1 N–H and O–H groups in total. The number of Topliss-reactive ketones (excluding diaryl/α,β-unsaturated/α-hetero) is 1. The van der Waals surface area contributed by atoms with Crippen molar-refractivity contribution in [2.75, 3.05) is 18.5 Å². The van der Waals surface area contributed by atoms with Gasteiger partial charge in [0.05, 0.1) is 18.3 Å². The van der Waals surface area contributed by atoms with Crippen molar-refractivity contribution in [2.45, 2.75) is 20.4 Å². The van der Waals surface area contributed by atoms with Crippen LogP contribution in [0.2, 0.25) is 0 Å². The maximum atomic E-state index is 13.1. The van der Waals surface area contributed by atoms with Crippen molar-refractivity contribution in [3.8, 4) is 5.75 Å². The van der Waals surface area contributed by atoms with Crippen LogP contribution < -0.4 is 15.6 Å². The summed E-state index contributed by atoms with van der Waals surface area (Å²) < 4.78 is 12.1.